The van der Waals surface area contributed by atoms with E-state index in [1.165, 1.54) is 5.39 Å². The average Bonchev–Trinajstić information content (AvgIpc) is 4.19. The molecule has 0 saturated heterocycles. The van der Waals surface area contributed by atoms with Gasteiger partial charge in [-0.1, -0.05) is 118 Å². The molecule has 0 atom stereocenters. The Bertz CT molecular complexity index is 3090. The SMILES string of the molecule is C.C.CN1[CH-]N(C)c2c(-c3ccc(C(=O)O)cc3)ccc(-c3ccc(C(=O)O)cc3)c21.CN1[CH-]N(C)c2c(-c3ccc(C(=O)O)cc3)ccc(-c3ccc(C(=O)O)cc3)c21.[I][Pd][I].[I][Pd][I].c1ccc2ncccc2c1.c1ccncc1. The summed E-state index contributed by atoms with van der Waals surface area (Å²) in [5, 5.41) is 37.7. The topological polar surface area (TPSA) is 188 Å². The predicted octanol–water partition coefficient (Wildman–Crippen LogP) is 17.0. The standard InChI is InChI=1S/2C23H19N2O4.C9H7N.C5H5N.2CH4.4HI.2Pd/c2*1-24-13-25(2)21-19(15-5-9-17(10-6-15)23(28)29)12-11-18(20(21)24)14-3-7-16(8-4-14)22(26)27;1-2-6-9-8(4-1)5-3-7-10-9;1-2-4-6-5-3-1;;;;;;;;/h2*3-13H,1-2H3,(H,26,27)(H,28,29);1-7H;1-5H;2*1H4;4*1H;;/q2*-1;;;;;;;;;2*+2/p-4. The van der Waals surface area contributed by atoms with Gasteiger partial charge in [-0.25, -0.2) is 19.2 Å². The molecule has 4 N–H and O–H groups in total. The molecule has 4 heterocycles. The van der Waals surface area contributed by atoms with Crippen LogP contribution in [0.2, 0.25) is 0 Å². The first-order valence-electron chi connectivity index (χ1n) is 23.6. The fourth-order valence-electron chi connectivity index (χ4n) is 8.77. The van der Waals surface area contributed by atoms with E-state index in [0.29, 0.717) is 0 Å². The van der Waals surface area contributed by atoms with Crippen molar-refractivity contribution < 1.29 is 61.1 Å². The summed E-state index contributed by atoms with van der Waals surface area (Å²) >= 11 is 9.30. The van der Waals surface area contributed by atoms with Crippen LogP contribution in [0.5, 0.6) is 0 Å². The van der Waals surface area contributed by atoms with Gasteiger partial charge in [0.05, 0.1) is 27.8 Å². The van der Waals surface area contributed by atoms with Crippen LogP contribution in [0.3, 0.4) is 0 Å². The fourth-order valence-corrected chi connectivity index (χ4v) is 8.77. The summed E-state index contributed by atoms with van der Waals surface area (Å²) in [4.78, 5) is 60.7. The number of rotatable bonds is 8. The summed E-state index contributed by atoms with van der Waals surface area (Å²) in [5.41, 5.74) is 13.8. The quantitative estimate of drug-likeness (QED) is 0.0639. The van der Waals surface area contributed by atoms with Crippen molar-refractivity contribution in [1.29, 1.82) is 0 Å². The first-order valence-corrected chi connectivity index (χ1v) is 42.1. The van der Waals surface area contributed by atoms with Gasteiger partial charge in [0, 0.05) is 69.0 Å². The Morgan fingerprint density at radius 1 is 0.378 bits per heavy atom. The number of hydrogen-bond acceptors (Lipinski definition) is 10. The van der Waals surface area contributed by atoms with Crippen LogP contribution < -0.4 is 19.6 Å². The zero-order chi connectivity index (χ0) is 57.9. The number of pyridine rings is 2. The molecular formula is C62H58I4N6O8Pd2-2. The van der Waals surface area contributed by atoms with E-state index in [0.717, 1.165) is 94.3 Å². The number of nitrogens with zero attached hydrogens (tertiary/aromatic N) is 6. The molecule has 0 amide bonds. The molecule has 11 rings (SSSR count). The van der Waals surface area contributed by atoms with Crippen molar-refractivity contribution in [2.45, 2.75) is 14.9 Å². The zero-order valence-electron chi connectivity index (χ0n) is 42.9. The van der Waals surface area contributed by atoms with Gasteiger partial charge in [-0.2, -0.15) is 13.3 Å². The van der Waals surface area contributed by atoms with Gasteiger partial charge in [0.25, 0.3) is 0 Å². The maximum Gasteiger partial charge on any atom is 0.0701 e. The van der Waals surface area contributed by atoms with Gasteiger partial charge in [0.1, 0.15) is 0 Å². The van der Waals surface area contributed by atoms with Crippen molar-refractivity contribution in [3.05, 3.63) is 230 Å². The number of halogens is 4. The minimum atomic E-state index is -0.952. The molecule has 0 saturated carbocycles. The second-order valence-electron chi connectivity index (χ2n) is 17.2. The van der Waals surface area contributed by atoms with E-state index >= 15 is 0 Å². The Labute approximate surface area is 537 Å². The fraction of sp³-hybridized carbons (Fsp3) is 0.0968. The van der Waals surface area contributed by atoms with Crippen molar-refractivity contribution >= 4 is 136 Å². The molecule has 0 radical (unpaired) electrons. The monoisotopic (exact) mass is 1730 g/mol. The molecule has 14 nitrogen and oxygen atoms in total. The van der Waals surface area contributed by atoms with Crippen LogP contribution in [0.25, 0.3) is 55.4 Å². The number of para-hydroxylation sites is 1. The maximum absolute atomic E-state index is 11.1. The molecule has 0 spiro atoms. The molecule has 7 aromatic carbocycles. The maximum atomic E-state index is 11.1. The third kappa shape index (κ3) is 18.2. The van der Waals surface area contributed by atoms with Gasteiger partial charge < -0.3 is 40.0 Å². The second kappa shape index (κ2) is 34.3. The van der Waals surface area contributed by atoms with Gasteiger partial charge in [0.2, 0.25) is 0 Å². The van der Waals surface area contributed by atoms with E-state index < -0.39 is 23.9 Å². The number of carboxylic acid groups (broad SMARTS) is 4. The molecule has 0 bridgehead atoms. The van der Waals surface area contributed by atoms with Gasteiger partial charge in [-0.15, -0.1) is 0 Å². The van der Waals surface area contributed by atoms with E-state index in [9.17, 15) is 19.2 Å². The largest absolute Gasteiger partial charge is 0.265 e. The van der Waals surface area contributed by atoms with Crippen LogP contribution in [0, 0.1) is 13.3 Å². The number of hydrogen-bond donors (Lipinski definition) is 4. The summed E-state index contributed by atoms with van der Waals surface area (Å²) < 4.78 is 0. The molecule has 0 unspecified atom stereocenters. The number of aromatic carboxylic acids is 4. The van der Waals surface area contributed by atoms with Crippen molar-refractivity contribution in [1.82, 2.24) is 9.97 Å². The first-order chi connectivity index (χ1) is 38.5. The van der Waals surface area contributed by atoms with Crippen molar-refractivity contribution in [3.63, 3.8) is 0 Å². The van der Waals surface area contributed by atoms with E-state index in [1.54, 1.807) is 60.9 Å². The summed E-state index contributed by atoms with van der Waals surface area (Å²) in [7, 11) is 9.65. The van der Waals surface area contributed by atoms with Crippen LogP contribution in [0.1, 0.15) is 56.3 Å². The predicted molar refractivity (Wildman–Crippen MR) is 360 cm³/mol. The third-order valence-corrected chi connectivity index (χ3v) is 12.3. The van der Waals surface area contributed by atoms with Crippen molar-refractivity contribution in [2.75, 3.05) is 47.8 Å². The van der Waals surface area contributed by atoms with E-state index in [4.69, 9.17) is 20.4 Å². The minimum absolute atomic E-state index is 0. The molecule has 20 heteroatoms. The second-order valence-corrected chi connectivity index (χ2v) is 41.2. The van der Waals surface area contributed by atoms with Gasteiger partial charge in [-0.05, 0) is 123 Å². The number of aromatic nitrogens is 2. The van der Waals surface area contributed by atoms with Crippen LogP contribution in [0.4, 0.5) is 22.7 Å². The number of carboxylic acids is 4. The zero-order valence-corrected chi connectivity index (χ0v) is 54.6. The molecule has 82 heavy (non-hydrogen) atoms. The Balaban J connectivity index is 0.000000253. The Morgan fingerprint density at radius 2 is 0.646 bits per heavy atom. The van der Waals surface area contributed by atoms with Gasteiger partial charge >= 0.3 is 123 Å². The van der Waals surface area contributed by atoms with Crippen LogP contribution >= 0.6 is 78.1 Å². The van der Waals surface area contributed by atoms with Crippen LogP contribution in [0.15, 0.2) is 195 Å². The van der Waals surface area contributed by atoms with Crippen molar-refractivity contribution in [2.24, 2.45) is 0 Å². The average molecular weight is 1740 g/mol. The summed E-state index contributed by atoms with van der Waals surface area (Å²) in [6.07, 6.45) is 5.31. The summed E-state index contributed by atoms with van der Waals surface area (Å²) in [6, 6.07) is 53.2. The molecule has 0 aliphatic carbocycles. The number of carbonyl (C=O) groups is 4. The Kier molecular flexibility index (Phi) is 28.8. The van der Waals surface area contributed by atoms with E-state index in [2.05, 4.69) is 100 Å². The molecule has 9 aromatic rings. The Hall–Kier alpha value is -5.58. The first kappa shape index (κ1) is 68.9. The number of anilines is 4. The van der Waals surface area contributed by atoms with Crippen molar-refractivity contribution in [3.8, 4) is 44.5 Å². The molecular weight excluding hydrogens is 1680 g/mol. The third-order valence-electron chi connectivity index (χ3n) is 12.3. The normalized spacial score (nSPS) is 11.4. The molecule has 2 aliphatic rings. The summed E-state index contributed by atoms with van der Waals surface area (Å²) in [5.74, 6) is -3.81. The molecule has 2 aromatic heterocycles. The van der Waals surface area contributed by atoms with Crippen LogP contribution in [-0.4, -0.2) is 82.5 Å². The Morgan fingerprint density at radius 3 is 0.878 bits per heavy atom. The summed E-state index contributed by atoms with van der Waals surface area (Å²) in [6.45, 7) is 3.96. The number of fused-ring (bicyclic) bond motifs is 3. The smallest absolute Gasteiger partial charge is 0.0701 e. The molecule has 434 valence electrons. The number of benzene rings is 7. The minimum Gasteiger partial charge on any atom is -0.265 e. The van der Waals surface area contributed by atoms with Gasteiger partial charge in [-0.3, -0.25) is 9.97 Å². The van der Waals surface area contributed by atoms with E-state index in [1.807, 2.05) is 183 Å². The molecule has 0 fully saturated rings. The van der Waals surface area contributed by atoms with E-state index in [-0.39, 0.29) is 37.1 Å². The van der Waals surface area contributed by atoms with Crippen LogP contribution in [-0.2, 0) is 21.5 Å². The molecule has 2 aliphatic heterocycles. The van der Waals surface area contributed by atoms with Gasteiger partial charge in [0.15, 0.2) is 0 Å².